The third-order valence-corrected chi connectivity index (χ3v) is 3.71. The molecule has 0 fully saturated rings. The van der Waals surface area contributed by atoms with Gasteiger partial charge < -0.3 is 19.7 Å². The van der Waals surface area contributed by atoms with E-state index in [1.165, 1.54) is 0 Å². The van der Waals surface area contributed by atoms with Gasteiger partial charge >= 0.3 is 0 Å². The molecular formula is C20H24N2O3. The Balaban J connectivity index is 2.27. The van der Waals surface area contributed by atoms with Gasteiger partial charge in [-0.05, 0) is 17.7 Å². The Morgan fingerprint density at radius 3 is 2.40 bits per heavy atom. The Morgan fingerprint density at radius 2 is 1.80 bits per heavy atom. The molecule has 2 rings (SSSR count). The van der Waals surface area contributed by atoms with Gasteiger partial charge in [-0.3, -0.25) is 4.79 Å². The van der Waals surface area contributed by atoms with Crippen molar-refractivity contribution in [3.05, 3.63) is 60.2 Å². The van der Waals surface area contributed by atoms with E-state index in [2.05, 4.69) is 5.32 Å². The number of carbonyl (C=O) groups is 1. The zero-order valence-electron chi connectivity index (χ0n) is 15.0. The summed E-state index contributed by atoms with van der Waals surface area (Å²) in [5, 5.41) is 3.24. The topological polar surface area (TPSA) is 50.8 Å². The maximum absolute atomic E-state index is 12.5. The smallest absolute Gasteiger partial charge is 0.248 e. The summed E-state index contributed by atoms with van der Waals surface area (Å²) < 4.78 is 10.6. The van der Waals surface area contributed by atoms with E-state index in [9.17, 15) is 4.79 Å². The second-order valence-corrected chi connectivity index (χ2v) is 5.69. The molecule has 132 valence electrons. The Hall–Kier alpha value is -2.95. The molecule has 1 N–H and O–H groups in total. The highest BCUT2D eigenvalue weighted by atomic mass is 16.5. The molecule has 0 aliphatic heterocycles. The minimum Gasteiger partial charge on any atom is -0.497 e. The highest BCUT2D eigenvalue weighted by Gasteiger charge is 2.19. The van der Waals surface area contributed by atoms with Crippen molar-refractivity contribution in [2.45, 2.75) is 6.04 Å². The van der Waals surface area contributed by atoms with Gasteiger partial charge in [0.15, 0.2) is 0 Å². The summed E-state index contributed by atoms with van der Waals surface area (Å²) in [7, 11) is 6.66. The predicted octanol–water partition coefficient (Wildman–Crippen LogP) is 3.29. The fourth-order valence-corrected chi connectivity index (χ4v) is 2.33. The molecule has 0 unspecified atom stereocenters. The van der Waals surface area contributed by atoms with Crippen LogP contribution >= 0.6 is 0 Å². The zero-order valence-corrected chi connectivity index (χ0v) is 15.0. The third kappa shape index (κ3) is 5.01. The van der Waals surface area contributed by atoms with Gasteiger partial charge in [0.25, 0.3) is 0 Å². The number of benzene rings is 2. The molecule has 2 aromatic rings. The molecule has 1 amide bonds. The molecular weight excluding hydrogens is 316 g/mol. The van der Waals surface area contributed by atoms with Crippen LogP contribution in [0, 0.1) is 0 Å². The van der Waals surface area contributed by atoms with Crippen LogP contribution in [-0.4, -0.2) is 45.2 Å². The van der Waals surface area contributed by atoms with E-state index in [4.69, 9.17) is 9.47 Å². The molecule has 2 aromatic carbocycles. The SMILES string of the molecule is COc1ccc(N[C@@H](/C=C/c2ccccc2)C(=O)N(C)C)c(OC)c1. The lowest BCUT2D eigenvalue weighted by molar-refractivity contribution is -0.128. The number of nitrogens with one attached hydrogen (secondary N) is 1. The van der Waals surface area contributed by atoms with Crippen molar-refractivity contribution in [2.24, 2.45) is 0 Å². The molecule has 0 aromatic heterocycles. The van der Waals surface area contributed by atoms with Crippen LogP contribution < -0.4 is 14.8 Å². The fraction of sp³-hybridized carbons (Fsp3) is 0.250. The highest BCUT2D eigenvalue weighted by molar-refractivity contribution is 5.88. The van der Waals surface area contributed by atoms with E-state index < -0.39 is 6.04 Å². The molecule has 0 spiro atoms. The summed E-state index contributed by atoms with van der Waals surface area (Å²) in [5.41, 5.74) is 1.75. The quantitative estimate of drug-likeness (QED) is 0.840. The van der Waals surface area contributed by atoms with E-state index in [0.29, 0.717) is 11.5 Å². The number of ether oxygens (including phenoxy) is 2. The number of anilines is 1. The molecule has 0 aliphatic carbocycles. The summed E-state index contributed by atoms with van der Waals surface area (Å²) in [4.78, 5) is 14.1. The average molecular weight is 340 g/mol. The first-order valence-electron chi connectivity index (χ1n) is 7.98. The van der Waals surface area contributed by atoms with E-state index in [0.717, 1.165) is 11.3 Å². The van der Waals surface area contributed by atoms with Gasteiger partial charge in [0.2, 0.25) is 5.91 Å². The first-order chi connectivity index (χ1) is 12.0. The van der Waals surface area contributed by atoms with Gasteiger partial charge in [0.1, 0.15) is 17.5 Å². The summed E-state index contributed by atoms with van der Waals surface area (Å²) in [5.74, 6) is 1.26. The zero-order chi connectivity index (χ0) is 18.2. The summed E-state index contributed by atoms with van der Waals surface area (Å²) in [6.45, 7) is 0. The number of rotatable bonds is 7. The Bertz CT molecular complexity index is 727. The van der Waals surface area contributed by atoms with Gasteiger partial charge in [-0.2, -0.15) is 0 Å². The minimum absolute atomic E-state index is 0.0509. The Kier molecular flexibility index (Phi) is 6.46. The van der Waals surface area contributed by atoms with Crippen molar-refractivity contribution in [1.29, 1.82) is 0 Å². The molecule has 25 heavy (non-hydrogen) atoms. The van der Waals surface area contributed by atoms with E-state index >= 15 is 0 Å². The Morgan fingerprint density at radius 1 is 1.08 bits per heavy atom. The van der Waals surface area contributed by atoms with Crippen molar-refractivity contribution in [1.82, 2.24) is 4.90 Å². The van der Waals surface area contributed by atoms with Crippen LogP contribution in [0.2, 0.25) is 0 Å². The molecule has 0 saturated carbocycles. The van der Waals surface area contributed by atoms with Crippen LogP contribution in [0.1, 0.15) is 5.56 Å². The largest absolute Gasteiger partial charge is 0.497 e. The van der Waals surface area contributed by atoms with Gasteiger partial charge in [0, 0.05) is 20.2 Å². The number of hydrogen-bond donors (Lipinski definition) is 1. The van der Waals surface area contributed by atoms with E-state index in [1.807, 2.05) is 54.6 Å². The maximum atomic E-state index is 12.5. The van der Waals surface area contributed by atoms with Crippen LogP contribution in [0.3, 0.4) is 0 Å². The van der Waals surface area contributed by atoms with Crippen molar-refractivity contribution >= 4 is 17.7 Å². The molecule has 5 heteroatoms. The average Bonchev–Trinajstić information content (AvgIpc) is 2.65. The molecule has 0 radical (unpaired) electrons. The lowest BCUT2D eigenvalue weighted by atomic mass is 10.1. The van der Waals surface area contributed by atoms with E-state index in [-0.39, 0.29) is 5.91 Å². The van der Waals surface area contributed by atoms with Crippen molar-refractivity contribution < 1.29 is 14.3 Å². The molecule has 5 nitrogen and oxygen atoms in total. The summed E-state index contributed by atoms with van der Waals surface area (Å²) >= 11 is 0. The lowest BCUT2D eigenvalue weighted by Gasteiger charge is -2.21. The van der Waals surface area contributed by atoms with Crippen LogP contribution in [0.5, 0.6) is 11.5 Å². The van der Waals surface area contributed by atoms with Crippen LogP contribution in [0.25, 0.3) is 6.08 Å². The van der Waals surface area contributed by atoms with Gasteiger partial charge in [-0.1, -0.05) is 42.5 Å². The first-order valence-corrected chi connectivity index (χ1v) is 7.98. The number of likely N-dealkylation sites (N-methyl/N-ethyl adjacent to an activating group) is 1. The number of carbonyl (C=O) groups excluding carboxylic acids is 1. The second kappa shape index (κ2) is 8.78. The fourth-order valence-electron chi connectivity index (χ4n) is 2.33. The Labute approximate surface area is 148 Å². The highest BCUT2D eigenvalue weighted by Crippen LogP contribution is 2.29. The maximum Gasteiger partial charge on any atom is 0.248 e. The number of nitrogens with zero attached hydrogens (tertiary/aromatic N) is 1. The van der Waals surface area contributed by atoms with Crippen molar-refractivity contribution in [3.63, 3.8) is 0 Å². The first kappa shape index (κ1) is 18.4. The van der Waals surface area contributed by atoms with Crippen LogP contribution in [0.4, 0.5) is 5.69 Å². The van der Waals surface area contributed by atoms with Crippen molar-refractivity contribution in [3.8, 4) is 11.5 Å². The number of hydrogen-bond acceptors (Lipinski definition) is 4. The standard InChI is InChI=1S/C20H24N2O3/c1-22(2)20(23)18(12-10-15-8-6-5-7-9-15)21-17-13-11-16(24-3)14-19(17)25-4/h5-14,18,21H,1-4H3/b12-10+/t18-/m0/s1. The number of amides is 1. The lowest BCUT2D eigenvalue weighted by Crippen LogP contribution is -2.37. The third-order valence-electron chi connectivity index (χ3n) is 3.71. The van der Waals surface area contributed by atoms with Gasteiger partial charge in [-0.15, -0.1) is 0 Å². The molecule has 0 saturated heterocycles. The molecule has 0 heterocycles. The summed E-state index contributed by atoms with van der Waals surface area (Å²) in [6.07, 6.45) is 3.77. The van der Waals surface area contributed by atoms with Crippen LogP contribution in [-0.2, 0) is 4.79 Å². The van der Waals surface area contributed by atoms with Gasteiger partial charge in [-0.25, -0.2) is 0 Å². The second-order valence-electron chi connectivity index (χ2n) is 5.69. The summed E-state index contributed by atoms with van der Waals surface area (Å²) in [6, 6.07) is 14.8. The molecule has 1 atom stereocenters. The van der Waals surface area contributed by atoms with Gasteiger partial charge in [0.05, 0.1) is 19.9 Å². The minimum atomic E-state index is -0.516. The normalized spacial score (nSPS) is 11.8. The molecule has 0 bridgehead atoms. The van der Waals surface area contributed by atoms with Crippen LogP contribution in [0.15, 0.2) is 54.6 Å². The van der Waals surface area contributed by atoms with E-state index in [1.54, 1.807) is 39.3 Å². The predicted molar refractivity (Wildman–Crippen MR) is 101 cm³/mol. The molecule has 0 aliphatic rings. The number of methoxy groups -OCH3 is 2. The van der Waals surface area contributed by atoms with Crippen molar-refractivity contribution in [2.75, 3.05) is 33.6 Å². The monoisotopic (exact) mass is 340 g/mol.